The summed E-state index contributed by atoms with van der Waals surface area (Å²) >= 11 is 0. The molecular weight excluding hydrogens is 224 g/mol. The average Bonchev–Trinajstić information content (AvgIpc) is 2.41. The maximum atomic E-state index is 11.2. The van der Waals surface area contributed by atoms with Crippen LogP contribution < -0.4 is 4.74 Å². The van der Waals surface area contributed by atoms with Gasteiger partial charge in [-0.3, -0.25) is 4.79 Å². The largest absolute Gasteiger partial charge is 0.497 e. The fourth-order valence-electron chi connectivity index (χ4n) is 1.32. The van der Waals surface area contributed by atoms with Crippen LogP contribution in [0.2, 0.25) is 0 Å². The monoisotopic (exact) mass is 252 g/mol. The summed E-state index contributed by atoms with van der Waals surface area (Å²) in [4.78, 5) is 11.2. The Labute approximate surface area is 112 Å². The molecule has 0 saturated carbocycles. The van der Waals surface area contributed by atoms with Crippen LogP contribution in [0.25, 0.3) is 0 Å². The van der Waals surface area contributed by atoms with Crippen molar-refractivity contribution in [2.24, 2.45) is 0 Å². The third-order valence-electron chi connectivity index (χ3n) is 2.08. The second kappa shape index (κ2) is 12.2. The van der Waals surface area contributed by atoms with Crippen molar-refractivity contribution in [3.63, 3.8) is 0 Å². The van der Waals surface area contributed by atoms with Crippen LogP contribution >= 0.6 is 0 Å². The van der Waals surface area contributed by atoms with Gasteiger partial charge in [-0.2, -0.15) is 0 Å². The van der Waals surface area contributed by atoms with Crippen LogP contribution in [0.3, 0.4) is 0 Å². The van der Waals surface area contributed by atoms with Gasteiger partial charge in [-0.1, -0.05) is 47.1 Å². The molecular formula is C16H28O2. The van der Waals surface area contributed by atoms with Crippen LogP contribution in [0.4, 0.5) is 0 Å². The van der Waals surface area contributed by atoms with E-state index in [0.717, 1.165) is 23.3 Å². The van der Waals surface area contributed by atoms with E-state index in [1.165, 1.54) is 6.42 Å². The Morgan fingerprint density at radius 1 is 1.17 bits per heavy atom. The predicted octanol–water partition coefficient (Wildman–Crippen LogP) is 4.90. The molecule has 1 rings (SSSR count). The molecule has 0 aliphatic heterocycles. The fraction of sp³-hybridized carbons (Fsp3) is 0.562. The van der Waals surface area contributed by atoms with E-state index in [1.807, 2.05) is 32.9 Å². The van der Waals surface area contributed by atoms with Gasteiger partial charge in [0.15, 0.2) is 5.78 Å². The summed E-state index contributed by atoms with van der Waals surface area (Å²) in [5.41, 5.74) is 1.84. The van der Waals surface area contributed by atoms with Gasteiger partial charge in [0.1, 0.15) is 5.75 Å². The minimum absolute atomic E-state index is 0.0933. The molecule has 2 nitrogen and oxygen atoms in total. The van der Waals surface area contributed by atoms with E-state index >= 15 is 0 Å². The number of benzene rings is 1. The maximum absolute atomic E-state index is 11.2. The number of methoxy groups -OCH3 is 1. The molecule has 1 aromatic rings. The number of carbonyl (C=O) groups is 1. The van der Waals surface area contributed by atoms with E-state index in [9.17, 15) is 4.79 Å². The van der Waals surface area contributed by atoms with Crippen LogP contribution in [-0.2, 0) is 6.42 Å². The average molecular weight is 252 g/mol. The molecule has 0 bridgehead atoms. The van der Waals surface area contributed by atoms with Gasteiger partial charge in [-0.05, 0) is 31.0 Å². The summed E-state index contributed by atoms with van der Waals surface area (Å²) in [5, 5.41) is 0. The third-order valence-corrected chi connectivity index (χ3v) is 2.08. The van der Waals surface area contributed by atoms with Crippen molar-refractivity contribution >= 4 is 5.78 Å². The molecule has 1 aromatic carbocycles. The number of ether oxygens (including phenoxy) is 1. The summed E-state index contributed by atoms with van der Waals surface area (Å²) in [7, 11) is 1.60. The van der Waals surface area contributed by atoms with Crippen molar-refractivity contribution in [1.29, 1.82) is 0 Å². The van der Waals surface area contributed by atoms with Gasteiger partial charge in [-0.15, -0.1) is 0 Å². The topological polar surface area (TPSA) is 26.3 Å². The van der Waals surface area contributed by atoms with Crippen molar-refractivity contribution in [2.75, 3.05) is 7.11 Å². The number of hydrogen-bond donors (Lipinski definition) is 0. The first kappa shape index (κ1) is 19.0. The first-order chi connectivity index (χ1) is 8.60. The summed E-state index contributed by atoms with van der Waals surface area (Å²) in [5.74, 6) is 0.832. The number of ketones is 1. The number of rotatable bonds is 3. The van der Waals surface area contributed by atoms with Gasteiger partial charge in [0.05, 0.1) is 7.11 Å². The van der Waals surface area contributed by atoms with Crippen LogP contribution in [0.5, 0.6) is 5.75 Å². The summed E-state index contributed by atoms with van der Waals surface area (Å²) < 4.78 is 5.05. The van der Waals surface area contributed by atoms with Gasteiger partial charge in [-0.25, -0.2) is 0 Å². The highest BCUT2D eigenvalue weighted by molar-refractivity contribution is 5.96. The minimum Gasteiger partial charge on any atom is -0.497 e. The molecule has 0 spiro atoms. The lowest BCUT2D eigenvalue weighted by Gasteiger charge is -2.06. The summed E-state index contributed by atoms with van der Waals surface area (Å²) in [6, 6.07) is 5.61. The molecule has 0 heterocycles. The lowest BCUT2D eigenvalue weighted by Crippen LogP contribution is -1.99. The van der Waals surface area contributed by atoms with E-state index < -0.39 is 0 Å². The lowest BCUT2D eigenvalue weighted by molar-refractivity contribution is 0.101. The first-order valence-electron chi connectivity index (χ1n) is 6.78. The van der Waals surface area contributed by atoms with Crippen molar-refractivity contribution < 1.29 is 9.53 Å². The number of carbonyl (C=O) groups excluding carboxylic acids is 1. The van der Waals surface area contributed by atoms with Crippen molar-refractivity contribution in [3.8, 4) is 5.75 Å². The maximum Gasteiger partial charge on any atom is 0.160 e. The van der Waals surface area contributed by atoms with Gasteiger partial charge in [0, 0.05) is 5.56 Å². The molecule has 0 atom stereocenters. The lowest BCUT2D eigenvalue weighted by atomic mass is 10.0. The van der Waals surface area contributed by atoms with Crippen LogP contribution in [0.15, 0.2) is 18.2 Å². The Hall–Kier alpha value is -1.31. The zero-order valence-corrected chi connectivity index (χ0v) is 13.0. The Kier molecular flexibility index (Phi) is 12.9. The number of Topliss-reactive ketones (excluding diaryl/α,β-unsaturated/α-hetero) is 1. The van der Waals surface area contributed by atoms with Gasteiger partial charge >= 0.3 is 0 Å². The normalized spacial score (nSPS) is 8.39. The smallest absolute Gasteiger partial charge is 0.160 e. The van der Waals surface area contributed by atoms with Crippen LogP contribution in [0.1, 0.15) is 63.9 Å². The zero-order chi connectivity index (χ0) is 14.6. The van der Waals surface area contributed by atoms with E-state index in [2.05, 4.69) is 13.8 Å². The Bertz CT molecular complexity index is 330. The molecule has 0 N–H and O–H groups in total. The molecule has 104 valence electrons. The van der Waals surface area contributed by atoms with Gasteiger partial charge in [0.2, 0.25) is 0 Å². The van der Waals surface area contributed by atoms with E-state index in [0.29, 0.717) is 0 Å². The molecule has 2 heteroatoms. The molecule has 18 heavy (non-hydrogen) atoms. The SMILES string of the molecule is CC.CCC.CCc1ccc(OC)cc1C(C)=O. The first-order valence-corrected chi connectivity index (χ1v) is 6.78. The van der Waals surface area contributed by atoms with Crippen LogP contribution in [0, 0.1) is 0 Å². The van der Waals surface area contributed by atoms with Crippen molar-refractivity contribution in [2.45, 2.75) is 54.4 Å². The molecule has 0 aliphatic carbocycles. The third kappa shape index (κ3) is 7.10. The quantitative estimate of drug-likeness (QED) is 0.715. The highest BCUT2D eigenvalue weighted by Crippen LogP contribution is 2.18. The molecule has 0 aromatic heterocycles. The predicted molar refractivity (Wildman–Crippen MR) is 79.7 cm³/mol. The Morgan fingerprint density at radius 2 is 1.67 bits per heavy atom. The van der Waals surface area contributed by atoms with Crippen molar-refractivity contribution in [1.82, 2.24) is 0 Å². The molecule has 0 amide bonds. The second-order valence-corrected chi connectivity index (χ2v) is 3.64. The number of hydrogen-bond acceptors (Lipinski definition) is 2. The molecule has 0 radical (unpaired) electrons. The Morgan fingerprint density at radius 3 is 2.00 bits per heavy atom. The molecule has 0 unspecified atom stereocenters. The molecule has 0 aliphatic rings. The molecule has 0 fully saturated rings. The van der Waals surface area contributed by atoms with Gasteiger partial charge < -0.3 is 4.74 Å². The fourth-order valence-corrected chi connectivity index (χ4v) is 1.32. The minimum atomic E-state index is 0.0933. The van der Waals surface area contributed by atoms with E-state index in [-0.39, 0.29) is 5.78 Å². The summed E-state index contributed by atoms with van der Waals surface area (Å²) in [6.07, 6.45) is 2.12. The highest BCUT2D eigenvalue weighted by atomic mass is 16.5. The van der Waals surface area contributed by atoms with Crippen molar-refractivity contribution in [3.05, 3.63) is 29.3 Å². The Balaban J connectivity index is 0. The van der Waals surface area contributed by atoms with E-state index in [4.69, 9.17) is 4.74 Å². The summed E-state index contributed by atoms with van der Waals surface area (Å²) in [6.45, 7) is 11.9. The van der Waals surface area contributed by atoms with Crippen LogP contribution in [-0.4, -0.2) is 12.9 Å². The zero-order valence-electron chi connectivity index (χ0n) is 13.0. The number of aryl methyl sites for hydroxylation is 1. The van der Waals surface area contributed by atoms with E-state index in [1.54, 1.807) is 20.1 Å². The molecule has 0 saturated heterocycles. The second-order valence-electron chi connectivity index (χ2n) is 3.64. The highest BCUT2D eigenvalue weighted by Gasteiger charge is 2.06. The standard InChI is InChI=1S/C11H14O2.C3H8.C2H6/c1-4-9-5-6-10(13-3)7-11(9)8(2)12;1-3-2;1-2/h5-7H,4H2,1-3H3;3H2,1-2H3;1-2H3. The van der Waals surface area contributed by atoms with Gasteiger partial charge in [0.25, 0.3) is 0 Å².